The highest BCUT2D eigenvalue weighted by Crippen LogP contribution is 2.30. The van der Waals surface area contributed by atoms with E-state index in [0.29, 0.717) is 43.6 Å². The van der Waals surface area contributed by atoms with Gasteiger partial charge in [-0.1, -0.05) is 30.3 Å². The Hall–Kier alpha value is -2.51. The van der Waals surface area contributed by atoms with Crippen LogP contribution in [0.4, 0.5) is 5.69 Å². The summed E-state index contributed by atoms with van der Waals surface area (Å²) < 4.78 is 27.7. The first-order valence-corrected chi connectivity index (χ1v) is 10.9. The van der Waals surface area contributed by atoms with E-state index in [1.54, 1.807) is 41.3 Å². The molecule has 28 heavy (non-hydrogen) atoms. The molecule has 2 heterocycles. The fourth-order valence-corrected chi connectivity index (χ4v) is 5.60. The van der Waals surface area contributed by atoms with Gasteiger partial charge in [0.1, 0.15) is 0 Å². The average Bonchev–Trinajstić information content (AvgIpc) is 3.38. The average molecular weight is 398 g/mol. The fraction of sp³-hybridized carbons (Fsp3) is 0.333. The van der Waals surface area contributed by atoms with Crippen LogP contribution in [-0.2, 0) is 14.8 Å². The predicted molar refractivity (Wildman–Crippen MR) is 106 cm³/mol. The van der Waals surface area contributed by atoms with Crippen molar-refractivity contribution < 1.29 is 18.0 Å². The number of hydrogen-bond donors (Lipinski definition) is 0. The van der Waals surface area contributed by atoms with Crippen LogP contribution in [0.5, 0.6) is 0 Å². The topological polar surface area (TPSA) is 74.8 Å². The second-order valence-electron chi connectivity index (χ2n) is 7.15. The van der Waals surface area contributed by atoms with Gasteiger partial charge < -0.3 is 4.90 Å². The highest BCUT2D eigenvalue weighted by Gasteiger charge is 2.39. The largest absolute Gasteiger partial charge is 0.312 e. The van der Waals surface area contributed by atoms with Crippen LogP contribution >= 0.6 is 0 Å². The molecular formula is C21H22N2O4S. The zero-order chi connectivity index (χ0) is 19.7. The molecule has 2 fully saturated rings. The van der Waals surface area contributed by atoms with E-state index < -0.39 is 16.1 Å². The Labute approximate surface area is 164 Å². The smallest absolute Gasteiger partial charge is 0.243 e. The van der Waals surface area contributed by atoms with Gasteiger partial charge in [-0.2, -0.15) is 4.31 Å². The van der Waals surface area contributed by atoms with Gasteiger partial charge in [0.15, 0.2) is 5.78 Å². The number of carbonyl (C=O) groups excluding carboxylic acids is 2. The van der Waals surface area contributed by atoms with Gasteiger partial charge in [0.05, 0.1) is 10.9 Å². The third-order valence-electron chi connectivity index (χ3n) is 5.39. The van der Waals surface area contributed by atoms with E-state index in [2.05, 4.69) is 0 Å². The van der Waals surface area contributed by atoms with Crippen molar-refractivity contribution >= 4 is 27.4 Å². The second kappa shape index (κ2) is 7.48. The molecule has 0 saturated carbocycles. The molecule has 2 aliphatic rings. The summed E-state index contributed by atoms with van der Waals surface area (Å²) in [6.07, 6.45) is 2.52. The summed E-state index contributed by atoms with van der Waals surface area (Å²) in [5.41, 5.74) is 1.23. The minimum Gasteiger partial charge on any atom is -0.312 e. The lowest BCUT2D eigenvalue weighted by molar-refractivity contribution is -0.117. The molecule has 0 aromatic heterocycles. The van der Waals surface area contributed by atoms with E-state index in [1.807, 2.05) is 6.07 Å². The van der Waals surface area contributed by atoms with Gasteiger partial charge in [-0.15, -0.1) is 0 Å². The molecule has 0 spiro atoms. The number of hydrogen-bond acceptors (Lipinski definition) is 4. The number of sulfonamides is 1. The van der Waals surface area contributed by atoms with Crippen molar-refractivity contribution in [2.45, 2.75) is 36.6 Å². The first kappa shape index (κ1) is 18.8. The van der Waals surface area contributed by atoms with Gasteiger partial charge in [0, 0.05) is 30.8 Å². The van der Waals surface area contributed by atoms with E-state index in [4.69, 9.17) is 0 Å². The third-order valence-corrected chi connectivity index (χ3v) is 7.32. The highest BCUT2D eigenvalue weighted by atomic mass is 32.2. The maximum Gasteiger partial charge on any atom is 0.243 e. The fourth-order valence-electron chi connectivity index (χ4n) is 3.94. The van der Waals surface area contributed by atoms with Crippen LogP contribution in [0.2, 0.25) is 0 Å². The first-order valence-electron chi connectivity index (χ1n) is 9.50. The summed E-state index contributed by atoms with van der Waals surface area (Å²) in [4.78, 5) is 26.6. The summed E-state index contributed by atoms with van der Waals surface area (Å²) in [5.74, 6) is -0.107. The lowest BCUT2D eigenvalue weighted by atomic mass is 10.0. The summed E-state index contributed by atoms with van der Waals surface area (Å²) in [6, 6.07) is 14.5. The number of Topliss-reactive ketones (excluding diaryl/α,β-unsaturated/α-hetero) is 1. The van der Waals surface area contributed by atoms with E-state index in [1.165, 1.54) is 16.4 Å². The predicted octanol–water partition coefficient (Wildman–Crippen LogP) is 2.85. The standard InChI is InChI=1S/C21H22N2O4S/c24-20-9-5-14-22(20)17-10-12-18(13-11-17)28(26,27)23-15-4-8-19(23)21(25)16-6-2-1-3-7-16/h1-3,6-7,10-13,19H,4-5,8-9,14-15H2. The zero-order valence-corrected chi connectivity index (χ0v) is 16.3. The number of nitrogens with zero attached hydrogens (tertiary/aromatic N) is 2. The van der Waals surface area contributed by atoms with Gasteiger partial charge in [-0.25, -0.2) is 8.42 Å². The number of carbonyl (C=O) groups is 2. The molecule has 0 aliphatic carbocycles. The van der Waals surface area contributed by atoms with Crippen LogP contribution in [0.3, 0.4) is 0 Å². The molecule has 1 amide bonds. The molecule has 2 saturated heterocycles. The van der Waals surface area contributed by atoms with Crippen molar-refractivity contribution in [3.63, 3.8) is 0 Å². The summed E-state index contributed by atoms with van der Waals surface area (Å²) in [7, 11) is -3.79. The van der Waals surface area contributed by atoms with Crippen LogP contribution in [0.25, 0.3) is 0 Å². The molecule has 1 atom stereocenters. The SMILES string of the molecule is O=C(c1ccccc1)C1CCCN1S(=O)(=O)c1ccc(N2CCCC2=O)cc1. The normalized spacial score (nSPS) is 20.6. The van der Waals surface area contributed by atoms with Gasteiger partial charge in [-0.3, -0.25) is 9.59 Å². The first-order chi connectivity index (χ1) is 13.5. The summed E-state index contributed by atoms with van der Waals surface area (Å²) >= 11 is 0. The van der Waals surface area contributed by atoms with Crippen molar-refractivity contribution in [2.24, 2.45) is 0 Å². The summed E-state index contributed by atoms with van der Waals surface area (Å²) in [6.45, 7) is 0.989. The number of benzene rings is 2. The van der Waals surface area contributed by atoms with Crippen LogP contribution in [0, 0.1) is 0 Å². The van der Waals surface area contributed by atoms with Crippen molar-refractivity contribution in [1.29, 1.82) is 0 Å². The molecular weight excluding hydrogens is 376 g/mol. The number of amides is 1. The number of anilines is 1. The Morgan fingerprint density at radius 3 is 2.29 bits per heavy atom. The minimum atomic E-state index is -3.79. The molecule has 1 unspecified atom stereocenters. The van der Waals surface area contributed by atoms with Crippen LogP contribution in [-0.4, -0.2) is 43.5 Å². The van der Waals surface area contributed by atoms with Crippen molar-refractivity contribution in [3.8, 4) is 0 Å². The lowest BCUT2D eigenvalue weighted by Crippen LogP contribution is -2.40. The van der Waals surface area contributed by atoms with Crippen molar-refractivity contribution in [1.82, 2.24) is 4.31 Å². The van der Waals surface area contributed by atoms with E-state index >= 15 is 0 Å². The molecule has 2 aromatic rings. The number of ketones is 1. The maximum atomic E-state index is 13.2. The molecule has 146 valence electrons. The van der Waals surface area contributed by atoms with Crippen molar-refractivity contribution in [2.75, 3.05) is 18.0 Å². The Kier molecular flexibility index (Phi) is 5.03. The second-order valence-corrected chi connectivity index (χ2v) is 9.04. The molecule has 7 heteroatoms. The molecule has 0 radical (unpaired) electrons. The quantitative estimate of drug-likeness (QED) is 0.726. The Morgan fingerprint density at radius 1 is 0.929 bits per heavy atom. The molecule has 0 bridgehead atoms. The van der Waals surface area contributed by atoms with Crippen molar-refractivity contribution in [3.05, 3.63) is 60.2 Å². The maximum absolute atomic E-state index is 13.2. The van der Waals surface area contributed by atoms with E-state index in [9.17, 15) is 18.0 Å². The summed E-state index contributed by atoms with van der Waals surface area (Å²) in [5, 5.41) is 0. The number of rotatable bonds is 5. The monoisotopic (exact) mass is 398 g/mol. The Bertz CT molecular complexity index is 987. The van der Waals surface area contributed by atoms with Gasteiger partial charge in [-0.05, 0) is 43.5 Å². The van der Waals surface area contributed by atoms with Gasteiger partial charge in [0.2, 0.25) is 15.9 Å². The minimum absolute atomic E-state index is 0.0590. The van der Waals surface area contributed by atoms with E-state index in [-0.39, 0.29) is 16.6 Å². The van der Waals surface area contributed by atoms with E-state index in [0.717, 1.165) is 6.42 Å². The van der Waals surface area contributed by atoms with Gasteiger partial charge in [0.25, 0.3) is 0 Å². The highest BCUT2D eigenvalue weighted by molar-refractivity contribution is 7.89. The van der Waals surface area contributed by atoms with Crippen LogP contribution < -0.4 is 4.90 Å². The molecule has 0 N–H and O–H groups in total. The Balaban J connectivity index is 1.58. The lowest BCUT2D eigenvalue weighted by Gasteiger charge is -2.23. The molecule has 2 aliphatic heterocycles. The zero-order valence-electron chi connectivity index (χ0n) is 15.5. The molecule has 6 nitrogen and oxygen atoms in total. The molecule has 2 aromatic carbocycles. The van der Waals surface area contributed by atoms with Crippen LogP contribution in [0.1, 0.15) is 36.0 Å². The third kappa shape index (κ3) is 3.36. The Morgan fingerprint density at radius 2 is 1.64 bits per heavy atom. The van der Waals surface area contributed by atoms with Crippen LogP contribution in [0.15, 0.2) is 59.5 Å². The van der Waals surface area contributed by atoms with Gasteiger partial charge >= 0.3 is 0 Å². The molecule has 4 rings (SSSR count).